The molecule has 3 aromatic carbocycles. The number of nitrogens with zero attached hydrogens (tertiary/aromatic N) is 3. The fraction of sp³-hybridized carbons (Fsp3) is 0.0500. The minimum atomic E-state index is 0.920. The summed E-state index contributed by atoms with van der Waals surface area (Å²) in [6.45, 7) is 0. The van der Waals surface area contributed by atoms with Crippen LogP contribution in [0.5, 0.6) is 0 Å². The second-order valence-corrected chi connectivity index (χ2v) is 6.20. The molecule has 0 N–H and O–H groups in total. The van der Waals surface area contributed by atoms with Gasteiger partial charge in [0, 0.05) is 17.8 Å². The number of furan rings is 1. The molecule has 0 amide bonds. The van der Waals surface area contributed by atoms with E-state index >= 15 is 0 Å². The number of hydrogen-bond acceptors (Lipinski definition) is 2. The Balaban J connectivity index is 1.93. The molecule has 0 fully saturated rings. The Morgan fingerprint density at radius 2 is 1.67 bits per heavy atom. The topological polar surface area (TPSA) is 35.4 Å². The maximum atomic E-state index is 6.20. The number of imidazole rings is 2. The van der Waals surface area contributed by atoms with Gasteiger partial charge in [-0.2, -0.15) is 0 Å². The standard InChI is InChI=1S/C20H13N3O/c1-22-18-16(23-15-8-4-3-7-14(15)21-20(22)23)11-10-13-12-6-2-5-9-17(12)24-19(13)18/h2-11H,1H3. The monoisotopic (exact) mass is 311 g/mol. The SMILES string of the molecule is Cn1c2c3oc4ccccc4c3ccc2n2c3ccccc3nc12. The van der Waals surface area contributed by atoms with Crippen molar-refractivity contribution < 1.29 is 4.42 Å². The molecule has 3 aromatic heterocycles. The van der Waals surface area contributed by atoms with Gasteiger partial charge in [0.15, 0.2) is 5.58 Å². The predicted molar refractivity (Wildman–Crippen MR) is 96.5 cm³/mol. The molecule has 6 aromatic rings. The molecular formula is C20H13N3O. The molecule has 0 saturated heterocycles. The van der Waals surface area contributed by atoms with Crippen molar-refractivity contribution >= 4 is 49.8 Å². The van der Waals surface area contributed by atoms with E-state index in [4.69, 9.17) is 9.40 Å². The smallest absolute Gasteiger partial charge is 0.215 e. The Labute approximate surface area is 136 Å². The van der Waals surface area contributed by atoms with Crippen LogP contribution in [-0.2, 0) is 7.05 Å². The number of aromatic nitrogens is 3. The van der Waals surface area contributed by atoms with Gasteiger partial charge in [-0.25, -0.2) is 4.98 Å². The number of aryl methyl sites for hydroxylation is 1. The van der Waals surface area contributed by atoms with Crippen molar-refractivity contribution in [2.24, 2.45) is 7.05 Å². The summed E-state index contributed by atoms with van der Waals surface area (Å²) in [6.07, 6.45) is 0. The van der Waals surface area contributed by atoms with Crippen molar-refractivity contribution in [1.82, 2.24) is 14.0 Å². The number of hydrogen-bond donors (Lipinski definition) is 0. The van der Waals surface area contributed by atoms with Gasteiger partial charge in [-0.05, 0) is 30.3 Å². The lowest BCUT2D eigenvalue weighted by molar-refractivity contribution is 0.670. The van der Waals surface area contributed by atoms with Crippen LogP contribution in [0.3, 0.4) is 0 Å². The Morgan fingerprint density at radius 3 is 2.62 bits per heavy atom. The van der Waals surface area contributed by atoms with E-state index in [1.807, 2.05) is 30.3 Å². The molecule has 0 unspecified atom stereocenters. The van der Waals surface area contributed by atoms with Crippen LogP contribution in [0.4, 0.5) is 0 Å². The third kappa shape index (κ3) is 1.28. The highest BCUT2D eigenvalue weighted by Gasteiger charge is 2.18. The molecule has 0 atom stereocenters. The highest BCUT2D eigenvalue weighted by molar-refractivity contribution is 6.14. The van der Waals surface area contributed by atoms with Crippen LogP contribution >= 0.6 is 0 Å². The van der Waals surface area contributed by atoms with Crippen molar-refractivity contribution in [3.05, 3.63) is 60.7 Å². The Kier molecular flexibility index (Phi) is 2.02. The largest absolute Gasteiger partial charge is 0.454 e. The third-order valence-electron chi connectivity index (χ3n) is 4.92. The maximum Gasteiger partial charge on any atom is 0.215 e. The molecule has 0 aliphatic carbocycles. The van der Waals surface area contributed by atoms with Crippen molar-refractivity contribution in [2.75, 3.05) is 0 Å². The van der Waals surface area contributed by atoms with Gasteiger partial charge in [0.1, 0.15) is 11.1 Å². The highest BCUT2D eigenvalue weighted by atomic mass is 16.3. The summed E-state index contributed by atoms with van der Waals surface area (Å²) in [5, 5.41) is 2.30. The molecule has 0 aliphatic heterocycles. The van der Waals surface area contributed by atoms with Crippen LogP contribution in [0, 0.1) is 0 Å². The number of rotatable bonds is 0. The molecule has 4 heteroatoms. The second-order valence-electron chi connectivity index (χ2n) is 6.20. The molecule has 4 nitrogen and oxygen atoms in total. The number of para-hydroxylation sites is 3. The summed E-state index contributed by atoms with van der Waals surface area (Å²) in [7, 11) is 2.05. The summed E-state index contributed by atoms with van der Waals surface area (Å²) in [5.74, 6) is 0.930. The van der Waals surface area contributed by atoms with Gasteiger partial charge in [0.2, 0.25) is 5.78 Å². The van der Waals surface area contributed by atoms with Gasteiger partial charge in [0.25, 0.3) is 0 Å². The Bertz CT molecular complexity index is 1410. The lowest BCUT2D eigenvalue weighted by atomic mass is 10.1. The molecule has 3 heterocycles. The van der Waals surface area contributed by atoms with Gasteiger partial charge in [-0.15, -0.1) is 0 Å². The Morgan fingerprint density at radius 1 is 0.833 bits per heavy atom. The van der Waals surface area contributed by atoms with E-state index in [9.17, 15) is 0 Å². The minimum absolute atomic E-state index is 0.920. The van der Waals surface area contributed by atoms with E-state index in [1.54, 1.807) is 0 Å². The van der Waals surface area contributed by atoms with Crippen LogP contribution in [0.15, 0.2) is 65.1 Å². The molecule has 0 radical (unpaired) electrons. The lowest BCUT2D eigenvalue weighted by Gasteiger charge is -1.97. The van der Waals surface area contributed by atoms with Gasteiger partial charge < -0.3 is 8.98 Å². The molecule has 6 rings (SSSR count). The molecular weight excluding hydrogens is 298 g/mol. The first kappa shape index (κ1) is 12.2. The van der Waals surface area contributed by atoms with Crippen molar-refractivity contribution in [1.29, 1.82) is 0 Å². The van der Waals surface area contributed by atoms with Crippen molar-refractivity contribution in [3.63, 3.8) is 0 Å². The first-order chi connectivity index (χ1) is 11.8. The first-order valence-corrected chi connectivity index (χ1v) is 7.99. The van der Waals surface area contributed by atoms with Gasteiger partial charge in [-0.1, -0.05) is 30.3 Å². The fourth-order valence-corrected chi connectivity index (χ4v) is 3.84. The molecule has 0 saturated carbocycles. The van der Waals surface area contributed by atoms with E-state index < -0.39 is 0 Å². The third-order valence-corrected chi connectivity index (χ3v) is 4.92. The molecule has 0 bridgehead atoms. The Hall–Kier alpha value is -3.27. The van der Waals surface area contributed by atoms with E-state index in [-0.39, 0.29) is 0 Å². The molecule has 0 aliphatic rings. The second kappa shape index (κ2) is 3.97. The molecule has 0 spiro atoms. The molecule has 114 valence electrons. The van der Waals surface area contributed by atoms with Crippen LogP contribution < -0.4 is 0 Å². The summed E-state index contributed by atoms with van der Waals surface area (Å²) in [6, 6.07) is 20.7. The normalized spacial score (nSPS) is 12.4. The highest BCUT2D eigenvalue weighted by Crippen LogP contribution is 2.36. The number of fused-ring (bicyclic) bond motifs is 9. The van der Waals surface area contributed by atoms with Crippen LogP contribution in [0.1, 0.15) is 0 Å². The van der Waals surface area contributed by atoms with Crippen molar-refractivity contribution in [3.8, 4) is 0 Å². The average molecular weight is 311 g/mol. The predicted octanol–water partition coefficient (Wildman–Crippen LogP) is 4.88. The van der Waals surface area contributed by atoms with Crippen LogP contribution in [0.25, 0.3) is 49.8 Å². The summed E-state index contributed by atoms with van der Waals surface area (Å²) >= 11 is 0. The average Bonchev–Trinajstić information content (AvgIpc) is 3.25. The van der Waals surface area contributed by atoms with E-state index in [0.717, 1.165) is 49.8 Å². The summed E-state index contributed by atoms with van der Waals surface area (Å²) < 4.78 is 10.5. The fourth-order valence-electron chi connectivity index (χ4n) is 3.84. The van der Waals surface area contributed by atoms with E-state index in [1.165, 1.54) is 0 Å². The van der Waals surface area contributed by atoms with E-state index in [0.29, 0.717) is 0 Å². The lowest BCUT2D eigenvalue weighted by Crippen LogP contribution is -1.88. The zero-order chi connectivity index (χ0) is 15.8. The zero-order valence-corrected chi connectivity index (χ0v) is 13.0. The minimum Gasteiger partial charge on any atom is -0.454 e. The maximum absolute atomic E-state index is 6.20. The summed E-state index contributed by atoms with van der Waals surface area (Å²) in [4.78, 5) is 4.80. The first-order valence-electron chi connectivity index (χ1n) is 7.99. The summed E-state index contributed by atoms with van der Waals surface area (Å²) in [5.41, 5.74) is 6.17. The van der Waals surface area contributed by atoms with Gasteiger partial charge in [-0.3, -0.25) is 4.40 Å². The van der Waals surface area contributed by atoms with Gasteiger partial charge >= 0.3 is 0 Å². The zero-order valence-electron chi connectivity index (χ0n) is 13.0. The quantitative estimate of drug-likeness (QED) is 0.401. The van der Waals surface area contributed by atoms with Gasteiger partial charge in [0.05, 0.1) is 16.6 Å². The van der Waals surface area contributed by atoms with Crippen LogP contribution in [0.2, 0.25) is 0 Å². The van der Waals surface area contributed by atoms with Crippen LogP contribution in [-0.4, -0.2) is 14.0 Å². The molecule has 24 heavy (non-hydrogen) atoms. The van der Waals surface area contributed by atoms with Crippen molar-refractivity contribution in [2.45, 2.75) is 0 Å². The van der Waals surface area contributed by atoms with E-state index in [2.05, 4.69) is 46.3 Å². The number of benzene rings is 3.